The Morgan fingerprint density at radius 2 is 1.33 bits per heavy atom. The van der Waals surface area contributed by atoms with Gasteiger partial charge in [-0.05, 0) is 0 Å². The van der Waals surface area contributed by atoms with Gasteiger partial charge in [-0.3, -0.25) is 5.32 Å². The van der Waals surface area contributed by atoms with Crippen LogP contribution in [0.25, 0.3) is 0 Å². The summed E-state index contributed by atoms with van der Waals surface area (Å²) in [6.07, 6.45) is 12.8. The molecule has 0 radical (unpaired) electrons. The second kappa shape index (κ2) is 1.85. The molecule has 2 rings (SSSR count). The summed E-state index contributed by atoms with van der Waals surface area (Å²) in [6.45, 7) is 0. The van der Waals surface area contributed by atoms with Crippen LogP contribution >= 0.6 is 0 Å². The van der Waals surface area contributed by atoms with Crippen LogP contribution in [0.2, 0.25) is 0 Å². The zero-order valence-corrected chi connectivity index (χ0v) is 5.12. The molecule has 2 unspecified atom stereocenters. The minimum absolute atomic E-state index is 0.477. The van der Waals surface area contributed by atoms with Crippen LogP contribution in [0.15, 0.2) is 36.5 Å². The summed E-state index contributed by atoms with van der Waals surface area (Å²) in [5, 5.41) is 3.37. The van der Waals surface area contributed by atoms with Gasteiger partial charge < -0.3 is 0 Å². The Morgan fingerprint density at radius 3 is 1.89 bits per heavy atom. The molecule has 0 spiro atoms. The lowest BCUT2D eigenvalue weighted by Crippen LogP contribution is -2.26. The van der Waals surface area contributed by atoms with E-state index in [2.05, 4.69) is 41.8 Å². The molecule has 2 bridgehead atoms. The molecule has 0 aromatic carbocycles. The summed E-state index contributed by atoms with van der Waals surface area (Å²) in [5.74, 6) is 0. The normalized spacial score (nSPS) is 37.3. The highest BCUT2D eigenvalue weighted by atomic mass is 15.0. The van der Waals surface area contributed by atoms with Crippen LogP contribution < -0.4 is 5.32 Å². The van der Waals surface area contributed by atoms with Gasteiger partial charge in [-0.2, -0.15) is 0 Å². The average molecular weight is 119 g/mol. The maximum Gasteiger partial charge on any atom is 0.0446 e. The van der Waals surface area contributed by atoms with E-state index in [0.29, 0.717) is 12.1 Å². The van der Waals surface area contributed by atoms with Gasteiger partial charge in [0, 0.05) is 12.1 Å². The Bertz CT molecular complexity index is 169. The molecular weight excluding hydrogens is 110 g/mol. The molecule has 0 amide bonds. The molecule has 2 aliphatic heterocycles. The summed E-state index contributed by atoms with van der Waals surface area (Å²) in [7, 11) is 0. The highest BCUT2D eigenvalue weighted by Crippen LogP contribution is 2.08. The van der Waals surface area contributed by atoms with E-state index in [4.69, 9.17) is 0 Å². The molecule has 0 aliphatic carbocycles. The molecule has 2 atom stereocenters. The zero-order valence-electron chi connectivity index (χ0n) is 5.12. The second-order valence-electron chi connectivity index (χ2n) is 2.37. The van der Waals surface area contributed by atoms with Crippen molar-refractivity contribution >= 4 is 0 Å². The van der Waals surface area contributed by atoms with Crippen molar-refractivity contribution in [2.75, 3.05) is 0 Å². The molecule has 1 nitrogen and oxygen atoms in total. The fourth-order valence-electron chi connectivity index (χ4n) is 1.18. The third kappa shape index (κ3) is 0.836. The number of hydrogen-bond acceptors (Lipinski definition) is 1. The zero-order chi connectivity index (χ0) is 6.10. The Hall–Kier alpha value is -0.820. The molecule has 9 heavy (non-hydrogen) atoms. The first kappa shape index (κ1) is 5.00. The third-order valence-corrected chi connectivity index (χ3v) is 1.66. The molecule has 0 aromatic heterocycles. The van der Waals surface area contributed by atoms with Crippen molar-refractivity contribution < 1.29 is 0 Å². The highest BCUT2D eigenvalue weighted by Gasteiger charge is 2.12. The first-order valence-electron chi connectivity index (χ1n) is 3.24. The quantitative estimate of drug-likeness (QED) is 0.469. The van der Waals surface area contributed by atoms with Crippen LogP contribution in [0.4, 0.5) is 0 Å². The van der Waals surface area contributed by atoms with E-state index < -0.39 is 0 Å². The van der Waals surface area contributed by atoms with Gasteiger partial charge >= 0.3 is 0 Å². The molecule has 46 valence electrons. The monoisotopic (exact) mass is 119 g/mol. The molecule has 0 saturated heterocycles. The van der Waals surface area contributed by atoms with E-state index in [0.717, 1.165) is 0 Å². The van der Waals surface area contributed by atoms with Crippen molar-refractivity contribution in [2.24, 2.45) is 0 Å². The van der Waals surface area contributed by atoms with Gasteiger partial charge in [0.25, 0.3) is 0 Å². The number of hydrogen-bond donors (Lipinski definition) is 1. The molecule has 1 heteroatoms. The van der Waals surface area contributed by atoms with E-state index >= 15 is 0 Å². The Morgan fingerprint density at radius 1 is 0.778 bits per heavy atom. The van der Waals surface area contributed by atoms with Crippen molar-refractivity contribution in [3.8, 4) is 0 Å². The van der Waals surface area contributed by atoms with Crippen molar-refractivity contribution in [1.82, 2.24) is 5.32 Å². The minimum Gasteiger partial charge on any atom is -0.297 e. The maximum absolute atomic E-state index is 3.37. The fraction of sp³-hybridized carbons (Fsp3) is 0.250. The van der Waals surface area contributed by atoms with E-state index in [1.54, 1.807) is 0 Å². The Balaban J connectivity index is 2.31. The summed E-state index contributed by atoms with van der Waals surface area (Å²) in [6, 6.07) is 0.954. The number of fused-ring (bicyclic) bond motifs is 2. The van der Waals surface area contributed by atoms with Crippen LogP contribution in [-0.4, -0.2) is 12.1 Å². The summed E-state index contributed by atoms with van der Waals surface area (Å²) < 4.78 is 0. The number of rotatable bonds is 0. The lowest BCUT2D eigenvalue weighted by molar-refractivity contribution is 0.708. The molecule has 0 fully saturated rings. The molecule has 0 saturated carbocycles. The van der Waals surface area contributed by atoms with E-state index in [-0.39, 0.29) is 0 Å². The summed E-state index contributed by atoms with van der Waals surface area (Å²) in [4.78, 5) is 0. The predicted molar refractivity (Wildman–Crippen MR) is 38.1 cm³/mol. The van der Waals surface area contributed by atoms with E-state index in [1.165, 1.54) is 0 Å². The van der Waals surface area contributed by atoms with Crippen molar-refractivity contribution in [1.29, 1.82) is 0 Å². The molecule has 0 aromatic rings. The first-order valence-corrected chi connectivity index (χ1v) is 3.24. The van der Waals surface area contributed by atoms with Crippen molar-refractivity contribution in [2.45, 2.75) is 12.1 Å². The first-order chi connectivity index (χ1) is 4.45. The lowest BCUT2D eigenvalue weighted by Gasteiger charge is -2.03. The predicted octanol–water partition coefficient (Wildman–Crippen LogP) is 1.01. The molecular formula is C8H9N. The standard InChI is InChI=1S/C8H9N/c1-2-4-8-6-5-7(3-1)9-8/h1-9H. The van der Waals surface area contributed by atoms with Gasteiger partial charge in [0.05, 0.1) is 0 Å². The topological polar surface area (TPSA) is 12.0 Å². The maximum atomic E-state index is 3.37. The van der Waals surface area contributed by atoms with Crippen LogP contribution in [0, 0.1) is 0 Å². The van der Waals surface area contributed by atoms with Crippen molar-refractivity contribution in [3.63, 3.8) is 0 Å². The largest absolute Gasteiger partial charge is 0.297 e. The average Bonchev–Trinajstić information content (AvgIpc) is 2.09. The van der Waals surface area contributed by atoms with Gasteiger partial charge in [-0.1, -0.05) is 36.5 Å². The summed E-state index contributed by atoms with van der Waals surface area (Å²) >= 11 is 0. The van der Waals surface area contributed by atoms with Gasteiger partial charge in [0.15, 0.2) is 0 Å². The Labute approximate surface area is 54.8 Å². The van der Waals surface area contributed by atoms with Crippen molar-refractivity contribution in [3.05, 3.63) is 36.5 Å². The van der Waals surface area contributed by atoms with Crippen LogP contribution in [-0.2, 0) is 0 Å². The van der Waals surface area contributed by atoms with Crippen LogP contribution in [0.1, 0.15) is 0 Å². The fourth-order valence-corrected chi connectivity index (χ4v) is 1.18. The van der Waals surface area contributed by atoms with Gasteiger partial charge in [0.2, 0.25) is 0 Å². The molecule has 1 N–H and O–H groups in total. The lowest BCUT2D eigenvalue weighted by atomic mass is 10.2. The van der Waals surface area contributed by atoms with Gasteiger partial charge in [-0.15, -0.1) is 0 Å². The third-order valence-electron chi connectivity index (χ3n) is 1.66. The SMILES string of the molecule is C1=CC2C=CC(C=C1)N2. The second-order valence-corrected chi connectivity index (χ2v) is 2.37. The van der Waals surface area contributed by atoms with Gasteiger partial charge in [0.1, 0.15) is 0 Å². The Kier molecular flexibility index (Phi) is 1.03. The summed E-state index contributed by atoms with van der Waals surface area (Å²) in [5.41, 5.74) is 0. The van der Waals surface area contributed by atoms with E-state index in [1.807, 2.05) is 0 Å². The number of allylic oxidation sites excluding steroid dienone is 2. The highest BCUT2D eigenvalue weighted by molar-refractivity contribution is 5.27. The van der Waals surface area contributed by atoms with Gasteiger partial charge in [-0.25, -0.2) is 0 Å². The molecule has 2 heterocycles. The van der Waals surface area contributed by atoms with Crippen LogP contribution in [0.3, 0.4) is 0 Å². The number of nitrogens with one attached hydrogen (secondary N) is 1. The minimum atomic E-state index is 0.477. The molecule has 2 aliphatic rings. The van der Waals surface area contributed by atoms with Crippen LogP contribution in [0.5, 0.6) is 0 Å². The van der Waals surface area contributed by atoms with E-state index in [9.17, 15) is 0 Å². The smallest absolute Gasteiger partial charge is 0.0446 e.